The molecule has 0 unspecified atom stereocenters. The minimum absolute atomic E-state index is 0.990. The molecular formula is C36H22N2. The third-order valence-corrected chi connectivity index (χ3v) is 7.61. The van der Waals surface area contributed by atoms with Crippen molar-refractivity contribution in [3.05, 3.63) is 133 Å². The number of aromatic nitrogens is 2. The third-order valence-electron chi connectivity index (χ3n) is 7.61. The Morgan fingerprint density at radius 1 is 0.368 bits per heavy atom. The molecule has 2 heterocycles. The normalized spacial score (nSPS) is 11.7. The van der Waals surface area contributed by atoms with E-state index < -0.39 is 0 Å². The number of para-hydroxylation sites is 2. The number of benzene rings is 6. The van der Waals surface area contributed by atoms with E-state index in [-0.39, 0.29) is 0 Å². The van der Waals surface area contributed by atoms with Crippen molar-refractivity contribution >= 4 is 54.1 Å². The van der Waals surface area contributed by atoms with Gasteiger partial charge in [0.15, 0.2) is 0 Å². The molecule has 2 nitrogen and oxygen atoms in total. The Labute approximate surface area is 219 Å². The average Bonchev–Trinajstić information content (AvgIpc) is 2.99. The van der Waals surface area contributed by atoms with Gasteiger partial charge in [-0.3, -0.25) is 0 Å². The molecule has 0 amide bonds. The monoisotopic (exact) mass is 482 g/mol. The summed E-state index contributed by atoms with van der Waals surface area (Å²) in [4.78, 5) is 10.0. The molecule has 0 spiro atoms. The van der Waals surface area contributed by atoms with Crippen LogP contribution in [0.3, 0.4) is 0 Å². The van der Waals surface area contributed by atoms with Crippen molar-refractivity contribution in [1.82, 2.24) is 9.97 Å². The zero-order chi connectivity index (χ0) is 25.1. The van der Waals surface area contributed by atoms with Gasteiger partial charge in [0.1, 0.15) is 0 Å². The van der Waals surface area contributed by atoms with Crippen LogP contribution in [0.25, 0.3) is 76.6 Å². The van der Waals surface area contributed by atoms with Gasteiger partial charge in [-0.2, -0.15) is 0 Å². The van der Waals surface area contributed by atoms with Gasteiger partial charge in [-0.25, -0.2) is 9.97 Å². The molecule has 0 N–H and O–H groups in total. The Hall–Kier alpha value is -5.08. The van der Waals surface area contributed by atoms with Gasteiger partial charge >= 0.3 is 0 Å². The Bertz CT molecular complexity index is 2190. The highest BCUT2D eigenvalue weighted by Gasteiger charge is 2.13. The van der Waals surface area contributed by atoms with Crippen molar-refractivity contribution in [3.63, 3.8) is 0 Å². The van der Waals surface area contributed by atoms with E-state index in [9.17, 15) is 0 Å². The first-order valence-electron chi connectivity index (χ1n) is 12.9. The molecule has 8 aromatic rings. The maximum Gasteiger partial charge on any atom is 0.0716 e. The largest absolute Gasteiger partial charge is 0.248 e. The van der Waals surface area contributed by atoms with Crippen molar-refractivity contribution in [3.8, 4) is 22.5 Å². The minimum Gasteiger partial charge on any atom is -0.248 e. The molecule has 2 aromatic heterocycles. The van der Waals surface area contributed by atoms with Crippen molar-refractivity contribution in [2.45, 2.75) is 0 Å². The summed E-state index contributed by atoms with van der Waals surface area (Å²) < 4.78 is 0. The summed E-state index contributed by atoms with van der Waals surface area (Å²) in [6.45, 7) is 0. The van der Waals surface area contributed by atoms with Crippen molar-refractivity contribution in [2.75, 3.05) is 0 Å². The van der Waals surface area contributed by atoms with Gasteiger partial charge in [0.2, 0.25) is 0 Å². The molecule has 8 rings (SSSR count). The van der Waals surface area contributed by atoms with Gasteiger partial charge in [-0.15, -0.1) is 0 Å². The van der Waals surface area contributed by atoms with Crippen LogP contribution < -0.4 is 0 Å². The standard InChI is InChI=1S/C36H22N2/c1-5-11-32-24(7-1)17-19-34(37-32)26-15-13-23-14-16-27-22-31(35-20-18-25-8-2-6-12-33(25)38-35)28-9-3-4-10-29(28)36(27)30(23)21-26/h1-22H. The summed E-state index contributed by atoms with van der Waals surface area (Å²) in [5.74, 6) is 0. The van der Waals surface area contributed by atoms with Gasteiger partial charge < -0.3 is 0 Å². The lowest BCUT2D eigenvalue weighted by Gasteiger charge is -2.14. The molecule has 2 heteroatoms. The van der Waals surface area contributed by atoms with Crippen LogP contribution in [0.15, 0.2) is 133 Å². The molecule has 0 radical (unpaired) electrons. The second-order valence-corrected chi connectivity index (χ2v) is 9.85. The smallest absolute Gasteiger partial charge is 0.0716 e. The van der Waals surface area contributed by atoms with Crippen LogP contribution in [0, 0.1) is 0 Å². The molecule has 6 aromatic carbocycles. The number of hydrogen-bond acceptors (Lipinski definition) is 2. The van der Waals surface area contributed by atoms with E-state index in [2.05, 4.69) is 121 Å². The van der Waals surface area contributed by atoms with Gasteiger partial charge in [0, 0.05) is 21.9 Å². The molecule has 0 aliphatic rings. The number of nitrogens with zero attached hydrogens (tertiary/aromatic N) is 2. The van der Waals surface area contributed by atoms with E-state index >= 15 is 0 Å². The van der Waals surface area contributed by atoms with Crippen LogP contribution in [0.5, 0.6) is 0 Å². The lowest BCUT2D eigenvalue weighted by molar-refractivity contribution is 1.40. The lowest BCUT2D eigenvalue weighted by Crippen LogP contribution is -1.90. The van der Waals surface area contributed by atoms with Crippen LogP contribution in [0.2, 0.25) is 0 Å². The van der Waals surface area contributed by atoms with E-state index in [1.54, 1.807) is 0 Å². The zero-order valence-corrected chi connectivity index (χ0v) is 20.6. The zero-order valence-electron chi connectivity index (χ0n) is 20.6. The summed E-state index contributed by atoms with van der Waals surface area (Å²) in [7, 11) is 0. The molecule has 0 saturated carbocycles. The highest BCUT2D eigenvalue weighted by atomic mass is 14.7. The predicted octanol–water partition coefficient (Wildman–Crippen LogP) is 9.58. The topological polar surface area (TPSA) is 25.8 Å². The maximum atomic E-state index is 5.04. The number of hydrogen-bond donors (Lipinski definition) is 0. The van der Waals surface area contributed by atoms with Gasteiger partial charge in [-0.1, -0.05) is 97.1 Å². The van der Waals surface area contributed by atoms with Crippen molar-refractivity contribution in [1.29, 1.82) is 0 Å². The quantitative estimate of drug-likeness (QED) is 0.229. The van der Waals surface area contributed by atoms with Crippen LogP contribution >= 0.6 is 0 Å². The molecule has 176 valence electrons. The second kappa shape index (κ2) is 8.22. The molecule has 0 atom stereocenters. The van der Waals surface area contributed by atoms with E-state index in [1.807, 2.05) is 12.1 Å². The first-order valence-corrected chi connectivity index (χ1v) is 12.9. The van der Waals surface area contributed by atoms with E-state index in [4.69, 9.17) is 9.97 Å². The van der Waals surface area contributed by atoms with Crippen LogP contribution in [0.4, 0.5) is 0 Å². The molecule has 0 saturated heterocycles. The first-order chi connectivity index (χ1) is 18.8. The second-order valence-electron chi connectivity index (χ2n) is 9.85. The predicted molar refractivity (Wildman–Crippen MR) is 160 cm³/mol. The summed E-state index contributed by atoms with van der Waals surface area (Å²) in [5, 5.41) is 9.71. The fourth-order valence-electron chi connectivity index (χ4n) is 5.74. The Kier molecular flexibility index (Phi) is 4.55. The van der Waals surface area contributed by atoms with E-state index in [0.29, 0.717) is 0 Å². The molecule has 0 aliphatic heterocycles. The maximum absolute atomic E-state index is 5.04. The fourth-order valence-corrected chi connectivity index (χ4v) is 5.74. The van der Waals surface area contributed by atoms with Crippen molar-refractivity contribution < 1.29 is 0 Å². The molecule has 0 aliphatic carbocycles. The number of pyridine rings is 2. The summed E-state index contributed by atoms with van der Waals surface area (Å²) in [6.07, 6.45) is 0. The van der Waals surface area contributed by atoms with Gasteiger partial charge in [0.25, 0.3) is 0 Å². The van der Waals surface area contributed by atoms with Gasteiger partial charge in [-0.05, 0) is 68.7 Å². The van der Waals surface area contributed by atoms with Crippen LogP contribution in [-0.4, -0.2) is 9.97 Å². The number of fused-ring (bicyclic) bond motifs is 7. The third kappa shape index (κ3) is 3.28. The van der Waals surface area contributed by atoms with Crippen LogP contribution in [0.1, 0.15) is 0 Å². The fraction of sp³-hybridized carbons (Fsp3) is 0. The molecule has 38 heavy (non-hydrogen) atoms. The minimum atomic E-state index is 0.990. The SMILES string of the molecule is c1ccc2nc(-c3ccc4ccc5cc(-c6ccc7ccccc7n6)c6ccccc6c5c4c3)ccc2c1. The highest BCUT2D eigenvalue weighted by molar-refractivity contribution is 6.23. The number of rotatable bonds is 2. The Balaban J connectivity index is 1.40. The van der Waals surface area contributed by atoms with E-state index in [1.165, 1.54) is 32.3 Å². The van der Waals surface area contributed by atoms with Crippen molar-refractivity contribution in [2.24, 2.45) is 0 Å². The summed E-state index contributed by atoms with van der Waals surface area (Å²) in [6, 6.07) is 47.3. The molecular weight excluding hydrogens is 460 g/mol. The molecule has 0 bridgehead atoms. The van der Waals surface area contributed by atoms with Gasteiger partial charge in [0.05, 0.1) is 22.4 Å². The first kappa shape index (κ1) is 21.0. The summed E-state index contributed by atoms with van der Waals surface area (Å²) >= 11 is 0. The molecule has 0 fully saturated rings. The average molecular weight is 483 g/mol. The lowest BCUT2D eigenvalue weighted by atomic mass is 9.91. The van der Waals surface area contributed by atoms with E-state index in [0.717, 1.165) is 44.3 Å². The Morgan fingerprint density at radius 2 is 0.947 bits per heavy atom. The van der Waals surface area contributed by atoms with Crippen LogP contribution in [-0.2, 0) is 0 Å². The highest BCUT2D eigenvalue weighted by Crippen LogP contribution is 2.39. The Morgan fingerprint density at radius 3 is 1.74 bits per heavy atom. The summed E-state index contributed by atoms with van der Waals surface area (Å²) in [5.41, 5.74) is 6.30.